The molecule has 1 rings (SSSR count). The van der Waals surface area contributed by atoms with Gasteiger partial charge in [0.05, 0.1) is 0 Å². The van der Waals surface area contributed by atoms with Crippen LogP contribution in [0.5, 0.6) is 0 Å². The molecular formula is C8H14BNO2. The maximum Gasteiger partial charge on any atom is 0.488 e. The van der Waals surface area contributed by atoms with E-state index in [2.05, 4.69) is 0 Å². The molecule has 0 fully saturated rings. The van der Waals surface area contributed by atoms with Crippen molar-refractivity contribution < 1.29 is 10.0 Å². The Kier molecular flexibility index (Phi) is 3.96. The number of aryl methyl sites for hydroxylation is 2. The molecule has 0 aliphatic heterocycles. The van der Waals surface area contributed by atoms with E-state index in [0.717, 1.165) is 11.1 Å². The molecule has 0 amide bonds. The first-order chi connectivity index (χ1) is 5.09. The summed E-state index contributed by atoms with van der Waals surface area (Å²) in [7, 11) is -1.35. The maximum atomic E-state index is 8.83. The van der Waals surface area contributed by atoms with E-state index in [0.29, 0.717) is 5.46 Å². The van der Waals surface area contributed by atoms with Gasteiger partial charge in [-0.1, -0.05) is 29.3 Å². The normalized spacial score (nSPS) is 9.00. The molecule has 0 radical (unpaired) electrons. The highest BCUT2D eigenvalue weighted by molar-refractivity contribution is 6.58. The Hall–Kier alpha value is -0.835. The highest BCUT2D eigenvalue weighted by Gasteiger charge is 2.10. The molecule has 0 heterocycles. The van der Waals surface area contributed by atoms with Crippen LogP contribution >= 0.6 is 0 Å². The lowest BCUT2D eigenvalue weighted by molar-refractivity contribution is 0.425. The monoisotopic (exact) mass is 167 g/mol. The van der Waals surface area contributed by atoms with Gasteiger partial charge >= 0.3 is 7.12 Å². The van der Waals surface area contributed by atoms with E-state index in [1.54, 1.807) is 12.1 Å². The predicted octanol–water partition coefficient (Wildman–Crippen LogP) is 0.145. The van der Waals surface area contributed by atoms with Crippen LogP contribution < -0.4 is 11.6 Å². The van der Waals surface area contributed by atoms with Gasteiger partial charge in [0.1, 0.15) is 0 Å². The molecule has 66 valence electrons. The average Bonchev–Trinajstić information content (AvgIpc) is 1.85. The van der Waals surface area contributed by atoms with Crippen molar-refractivity contribution in [1.82, 2.24) is 6.15 Å². The zero-order valence-corrected chi connectivity index (χ0v) is 7.41. The van der Waals surface area contributed by atoms with Crippen molar-refractivity contribution in [2.45, 2.75) is 13.8 Å². The Morgan fingerprint density at radius 1 is 1.00 bits per heavy atom. The van der Waals surface area contributed by atoms with Crippen molar-refractivity contribution in [3.05, 3.63) is 29.3 Å². The minimum Gasteiger partial charge on any atom is -0.423 e. The molecule has 0 saturated heterocycles. The smallest absolute Gasteiger partial charge is 0.423 e. The average molecular weight is 167 g/mol. The Morgan fingerprint density at radius 2 is 1.42 bits per heavy atom. The fourth-order valence-electron chi connectivity index (χ4n) is 1.16. The van der Waals surface area contributed by atoms with Crippen molar-refractivity contribution in [1.29, 1.82) is 0 Å². The maximum absolute atomic E-state index is 8.83. The molecule has 0 aliphatic rings. The van der Waals surface area contributed by atoms with E-state index >= 15 is 0 Å². The summed E-state index contributed by atoms with van der Waals surface area (Å²) >= 11 is 0. The summed E-state index contributed by atoms with van der Waals surface area (Å²) in [6, 6.07) is 5.52. The van der Waals surface area contributed by atoms with Crippen LogP contribution in [0.15, 0.2) is 18.2 Å². The van der Waals surface area contributed by atoms with E-state index in [9.17, 15) is 0 Å². The summed E-state index contributed by atoms with van der Waals surface area (Å²) < 4.78 is 0. The second-order valence-corrected chi connectivity index (χ2v) is 2.79. The van der Waals surface area contributed by atoms with Crippen LogP contribution in [0.1, 0.15) is 11.1 Å². The standard InChI is InChI=1S/C8H11BO2.H3N/c1-6-3-7(2)5-8(4-6)9(10)11;/h3-5,10-11H,1-2H3;1H3. The molecule has 0 saturated carbocycles. The van der Waals surface area contributed by atoms with E-state index < -0.39 is 7.12 Å². The third kappa shape index (κ3) is 2.66. The van der Waals surface area contributed by atoms with Gasteiger partial charge in [0.15, 0.2) is 0 Å². The zero-order valence-electron chi connectivity index (χ0n) is 7.41. The highest BCUT2D eigenvalue weighted by atomic mass is 16.4. The van der Waals surface area contributed by atoms with Crippen molar-refractivity contribution in [3.8, 4) is 0 Å². The van der Waals surface area contributed by atoms with E-state index in [1.165, 1.54) is 0 Å². The van der Waals surface area contributed by atoms with Crippen molar-refractivity contribution in [3.63, 3.8) is 0 Å². The number of hydrogen-bond acceptors (Lipinski definition) is 3. The van der Waals surface area contributed by atoms with Gasteiger partial charge < -0.3 is 16.2 Å². The Bertz CT molecular complexity index is 243. The van der Waals surface area contributed by atoms with Crippen molar-refractivity contribution in [2.75, 3.05) is 0 Å². The topological polar surface area (TPSA) is 75.5 Å². The Morgan fingerprint density at radius 3 is 1.75 bits per heavy atom. The summed E-state index contributed by atoms with van der Waals surface area (Å²) in [5, 5.41) is 17.7. The highest BCUT2D eigenvalue weighted by Crippen LogP contribution is 1.99. The molecular weight excluding hydrogens is 153 g/mol. The Labute approximate surface area is 72.8 Å². The third-order valence-electron chi connectivity index (χ3n) is 1.54. The predicted molar refractivity (Wildman–Crippen MR) is 50.8 cm³/mol. The first-order valence-electron chi connectivity index (χ1n) is 3.54. The fourth-order valence-corrected chi connectivity index (χ4v) is 1.16. The SMILES string of the molecule is Cc1cc(C)cc(B(O)O)c1.N. The minimum absolute atomic E-state index is 0. The fraction of sp³-hybridized carbons (Fsp3) is 0.250. The van der Waals surface area contributed by atoms with Gasteiger partial charge in [-0.05, 0) is 19.3 Å². The summed E-state index contributed by atoms with van der Waals surface area (Å²) in [6.07, 6.45) is 0. The summed E-state index contributed by atoms with van der Waals surface area (Å²) in [5.41, 5.74) is 2.66. The molecule has 4 heteroatoms. The molecule has 5 N–H and O–H groups in total. The first-order valence-corrected chi connectivity index (χ1v) is 3.54. The Balaban J connectivity index is 0.00000121. The van der Waals surface area contributed by atoms with Crippen LogP contribution in [0.4, 0.5) is 0 Å². The molecule has 0 aliphatic carbocycles. The van der Waals surface area contributed by atoms with Gasteiger partial charge in [0, 0.05) is 0 Å². The van der Waals surface area contributed by atoms with Gasteiger partial charge in [-0.3, -0.25) is 0 Å². The zero-order chi connectivity index (χ0) is 8.43. The second kappa shape index (κ2) is 4.26. The summed E-state index contributed by atoms with van der Waals surface area (Å²) in [5.74, 6) is 0. The van der Waals surface area contributed by atoms with Crippen molar-refractivity contribution in [2.24, 2.45) is 0 Å². The minimum atomic E-state index is -1.35. The van der Waals surface area contributed by atoms with Crippen LogP contribution in [0.2, 0.25) is 0 Å². The van der Waals surface area contributed by atoms with Gasteiger partial charge in [0.25, 0.3) is 0 Å². The largest absolute Gasteiger partial charge is 0.488 e. The molecule has 0 spiro atoms. The molecule has 0 bridgehead atoms. The van der Waals surface area contributed by atoms with Gasteiger partial charge in [-0.15, -0.1) is 0 Å². The number of rotatable bonds is 1. The summed E-state index contributed by atoms with van der Waals surface area (Å²) in [4.78, 5) is 0. The molecule has 12 heavy (non-hydrogen) atoms. The summed E-state index contributed by atoms with van der Waals surface area (Å²) in [6.45, 7) is 3.86. The van der Waals surface area contributed by atoms with Crippen LogP contribution in [-0.2, 0) is 0 Å². The first kappa shape index (κ1) is 11.2. The van der Waals surface area contributed by atoms with Crippen LogP contribution in [0, 0.1) is 13.8 Å². The lowest BCUT2D eigenvalue weighted by Crippen LogP contribution is -2.30. The van der Waals surface area contributed by atoms with E-state index in [4.69, 9.17) is 10.0 Å². The van der Waals surface area contributed by atoms with Gasteiger partial charge in [-0.2, -0.15) is 0 Å². The quantitative estimate of drug-likeness (QED) is 0.521. The molecule has 1 aromatic rings. The molecule has 1 aromatic carbocycles. The van der Waals surface area contributed by atoms with Crippen LogP contribution in [0.3, 0.4) is 0 Å². The lowest BCUT2D eigenvalue weighted by atomic mass is 9.79. The lowest BCUT2D eigenvalue weighted by Gasteiger charge is -2.02. The van der Waals surface area contributed by atoms with E-state index in [-0.39, 0.29) is 6.15 Å². The number of benzene rings is 1. The number of hydrogen-bond donors (Lipinski definition) is 3. The van der Waals surface area contributed by atoms with Gasteiger partial charge in [0.2, 0.25) is 0 Å². The van der Waals surface area contributed by atoms with Gasteiger partial charge in [-0.25, -0.2) is 0 Å². The van der Waals surface area contributed by atoms with Crippen LogP contribution in [0.25, 0.3) is 0 Å². The second-order valence-electron chi connectivity index (χ2n) is 2.79. The van der Waals surface area contributed by atoms with Crippen LogP contribution in [-0.4, -0.2) is 17.2 Å². The molecule has 3 nitrogen and oxygen atoms in total. The molecule has 0 aromatic heterocycles. The molecule has 0 atom stereocenters. The van der Waals surface area contributed by atoms with Crippen molar-refractivity contribution >= 4 is 12.6 Å². The third-order valence-corrected chi connectivity index (χ3v) is 1.54. The van der Waals surface area contributed by atoms with E-state index in [1.807, 2.05) is 19.9 Å². The molecule has 0 unspecified atom stereocenters.